The second-order valence-electron chi connectivity index (χ2n) is 11.6. The van der Waals surface area contributed by atoms with E-state index in [0.717, 1.165) is 66.8 Å². The summed E-state index contributed by atoms with van der Waals surface area (Å²) in [6, 6.07) is 58.7. The number of rotatable bonds is 6. The van der Waals surface area contributed by atoms with Gasteiger partial charge in [-0.15, -0.1) is 0 Å². The number of benzene rings is 7. The van der Waals surface area contributed by atoms with Gasteiger partial charge in [0.15, 0.2) is 5.58 Å². The molecule has 0 N–H and O–H groups in total. The van der Waals surface area contributed by atoms with Gasteiger partial charge in [0.25, 0.3) is 0 Å². The summed E-state index contributed by atoms with van der Waals surface area (Å²) in [4.78, 5) is 7.16. The van der Waals surface area contributed by atoms with Crippen LogP contribution in [-0.4, -0.2) is 4.98 Å². The van der Waals surface area contributed by atoms with Crippen molar-refractivity contribution in [1.82, 2.24) is 4.98 Å². The van der Waals surface area contributed by atoms with E-state index in [1.54, 1.807) is 0 Å². The third-order valence-electron chi connectivity index (χ3n) is 8.71. The number of anilines is 3. The Hall–Kier alpha value is -6.39. The first-order valence-corrected chi connectivity index (χ1v) is 15.7. The summed E-state index contributed by atoms with van der Waals surface area (Å²) < 4.78 is 12.8. The second kappa shape index (κ2) is 11.2. The van der Waals surface area contributed by atoms with Crippen LogP contribution in [0, 0.1) is 0 Å². The van der Waals surface area contributed by atoms with Gasteiger partial charge in [-0.2, -0.15) is 0 Å². The minimum atomic E-state index is 0.593. The number of aromatic nitrogens is 1. The van der Waals surface area contributed by atoms with E-state index in [-0.39, 0.29) is 0 Å². The zero-order valence-electron chi connectivity index (χ0n) is 25.4. The van der Waals surface area contributed by atoms with Gasteiger partial charge in [-0.05, 0) is 77.4 Å². The van der Waals surface area contributed by atoms with E-state index in [2.05, 4.69) is 126 Å². The predicted molar refractivity (Wildman–Crippen MR) is 192 cm³/mol. The van der Waals surface area contributed by atoms with Crippen molar-refractivity contribution in [3.05, 3.63) is 170 Å². The molecule has 0 amide bonds. The fraction of sp³-hybridized carbons (Fsp3) is 0. The Labute approximate surface area is 271 Å². The highest BCUT2D eigenvalue weighted by Gasteiger charge is 2.21. The van der Waals surface area contributed by atoms with Crippen LogP contribution >= 0.6 is 0 Å². The molecule has 0 unspecified atom stereocenters. The number of fused-ring (bicyclic) bond motifs is 5. The number of hydrogen-bond acceptors (Lipinski definition) is 4. The fourth-order valence-electron chi connectivity index (χ4n) is 6.47. The Bertz CT molecular complexity index is 2500. The Balaban J connectivity index is 1.25. The predicted octanol–water partition coefficient (Wildman–Crippen LogP) is 12.2. The van der Waals surface area contributed by atoms with Crippen LogP contribution in [0.25, 0.3) is 66.7 Å². The molecule has 4 heteroatoms. The van der Waals surface area contributed by atoms with Crippen LogP contribution in [0.1, 0.15) is 0 Å². The molecule has 0 radical (unpaired) electrons. The minimum absolute atomic E-state index is 0.593. The standard InChI is InChI=1S/C43H28N2O2/c1-4-12-29(13-5-1)30-20-22-33(23-21-30)45(38-19-11-10-18-35(38)31-14-6-2-7-15-31)34-24-26-39-36(28-34)41-40(46-39)27-25-37-42(41)47-43(44-37)32-16-8-3-9-17-32/h1-28H. The van der Waals surface area contributed by atoms with Gasteiger partial charge in [-0.1, -0.05) is 109 Å². The molecule has 2 aromatic heterocycles. The quantitative estimate of drug-likeness (QED) is 0.189. The lowest BCUT2D eigenvalue weighted by atomic mass is 10.0. The third-order valence-corrected chi connectivity index (χ3v) is 8.71. The topological polar surface area (TPSA) is 42.4 Å². The lowest BCUT2D eigenvalue weighted by Crippen LogP contribution is -2.11. The molecule has 222 valence electrons. The van der Waals surface area contributed by atoms with Gasteiger partial charge in [-0.3, -0.25) is 0 Å². The van der Waals surface area contributed by atoms with Gasteiger partial charge >= 0.3 is 0 Å². The second-order valence-corrected chi connectivity index (χ2v) is 11.6. The summed E-state index contributed by atoms with van der Waals surface area (Å²) in [6.45, 7) is 0. The van der Waals surface area contributed by atoms with Crippen LogP contribution in [0.3, 0.4) is 0 Å². The van der Waals surface area contributed by atoms with Crippen LogP contribution < -0.4 is 4.90 Å². The summed E-state index contributed by atoms with van der Waals surface area (Å²) in [5, 5.41) is 1.90. The Morgan fingerprint density at radius 1 is 0.447 bits per heavy atom. The molecule has 0 saturated carbocycles. The van der Waals surface area contributed by atoms with E-state index in [1.807, 2.05) is 48.5 Å². The summed E-state index contributed by atoms with van der Waals surface area (Å²) in [5.74, 6) is 0.593. The van der Waals surface area contributed by atoms with Crippen molar-refractivity contribution in [3.63, 3.8) is 0 Å². The number of nitrogens with zero attached hydrogens (tertiary/aromatic N) is 2. The molecule has 47 heavy (non-hydrogen) atoms. The summed E-state index contributed by atoms with van der Waals surface area (Å²) >= 11 is 0. The maximum absolute atomic E-state index is 6.45. The number of hydrogen-bond donors (Lipinski definition) is 0. The molecule has 0 bridgehead atoms. The molecule has 0 saturated heterocycles. The Morgan fingerprint density at radius 3 is 1.79 bits per heavy atom. The highest BCUT2D eigenvalue weighted by Crippen LogP contribution is 2.44. The normalized spacial score (nSPS) is 11.4. The molecule has 0 aliphatic heterocycles. The lowest BCUT2D eigenvalue weighted by molar-refractivity contribution is 0.622. The molecule has 2 heterocycles. The minimum Gasteiger partial charge on any atom is -0.456 e. The van der Waals surface area contributed by atoms with Gasteiger partial charge < -0.3 is 13.7 Å². The van der Waals surface area contributed by atoms with E-state index in [4.69, 9.17) is 13.8 Å². The van der Waals surface area contributed by atoms with Crippen LogP contribution in [0.5, 0.6) is 0 Å². The van der Waals surface area contributed by atoms with Crippen molar-refractivity contribution in [2.75, 3.05) is 4.90 Å². The molecule has 4 nitrogen and oxygen atoms in total. The van der Waals surface area contributed by atoms with Crippen molar-refractivity contribution in [3.8, 4) is 33.7 Å². The number of oxazole rings is 1. The highest BCUT2D eigenvalue weighted by atomic mass is 16.4. The van der Waals surface area contributed by atoms with Crippen LogP contribution in [0.4, 0.5) is 17.1 Å². The zero-order chi connectivity index (χ0) is 31.2. The average Bonchev–Trinajstić information content (AvgIpc) is 3.75. The van der Waals surface area contributed by atoms with Crippen LogP contribution in [0.2, 0.25) is 0 Å². The first kappa shape index (κ1) is 27.0. The molecule has 0 aliphatic rings. The van der Waals surface area contributed by atoms with E-state index >= 15 is 0 Å². The van der Waals surface area contributed by atoms with E-state index in [1.165, 1.54) is 11.1 Å². The largest absolute Gasteiger partial charge is 0.456 e. The summed E-state index contributed by atoms with van der Waals surface area (Å²) in [7, 11) is 0. The summed E-state index contributed by atoms with van der Waals surface area (Å²) in [5.41, 5.74) is 11.8. The monoisotopic (exact) mass is 604 g/mol. The molecular formula is C43H28N2O2. The van der Waals surface area contributed by atoms with E-state index < -0.39 is 0 Å². The molecule has 0 spiro atoms. The van der Waals surface area contributed by atoms with E-state index in [0.29, 0.717) is 5.89 Å². The molecule has 7 aromatic carbocycles. The summed E-state index contributed by atoms with van der Waals surface area (Å²) in [6.07, 6.45) is 0. The van der Waals surface area contributed by atoms with Gasteiger partial charge in [0.05, 0.1) is 11.1 Å². The third kappa shape index (κ3) is 4.75. The van der Waals surface area contributed by atoms with Crippen molar-refractivity contribution in [1.29, 1.82) is 0 Å². The maximum Gasteiger partial charge on any atom is 0.227 e. The maximum atomic E-state index is 6.45. The highest BCUT2D eigenvalue weighted by molar-refractivity contribution is 6.17. The average molecular weight is 605 g/mol. The zero-order valence-corrected chi connectivity index (χ0v) is 25.4. The van der Waals surface area contributed by atoms with Crippen molar-refractivity contribution in [2.45, 2.75) is 0 Å². The van der Waals surface area contributed by atoms with Crippen LogP contribution in [0.15, 0.2) is 179 Å². The van der Waals surface area contributed by atoms with Gasteiger partial charge in [0.1, 0.15) is 16.7 Å². The Morgan fingerprint density at radius 2 is 1.04 bits per heavy atom. The molecule has 0 aliphatic carbocycles. The van der Waals surface area contributed by atoms with Crippen molar-refractivity contribution >= 4 is 50.1 Å². The van der Waals surface area contributed by atoms with Crippen molar-refractivity contribution < 1.29 is 8.83 Å². The van der Waals surface area contributed by atoms with E-state index in [9.17, 15) is 0 Å². The SMILES string of the molecule is c1ccc(-c2ccc(N(c3ccc4oc5ccc6nc(-c7ccccc7)oc6c5c4c3)c3ccccc3-c3ccccc3)cc2)cc1. The van der Waals surface area contributed by atoms with Crippen LogP contribution in [-0.2, 0) is 0 Å². The smallest absolute Gasteiger partial charge is 0.227 e. The van der Waals surface area contributed by atoms with Gasteiger partial charge in [0, 0.05) is 27.9 Å². The lowest BCUT2D eigenvalue weighted by Gasteiger charge is -2.28. The molecule has 0 atom stereocenters. The van der Waals surface area contributed by atoms with Gasteiger partial charge in [0.2, 0.25) is 5.89 Å². The molecule has 9 aromatic rings. The number of furan rings is 1. The van der Waals surface area contributed by atoms with Crippen molar-refractivity contribution in [2.24, 2.45) is 0 Å². The first-order valence-electron chi connectivity index (χ1n) is 15.7. The fourth-order valence-corrected chi connectivity index (χ4v) is 6.47. The first-order chi connectivity index (χ1) is 23.3. The molecule has 9 rings (SSSR count). The molecule has 0 fully saturated rings. The number of para-hydroxylation sites is 1. The Kier molecular flexibility index (Phi) is 6.43. The van der Waals surface area contributed by atoms with Gasteiger partial charge in [-0.25, -0.2) is 4.98 Å². The molecular weight excluding hydrogens is 576 g/mol.